The van der Waals surface area contributed by atoms with E-state index in [9.17, 15) is 0 Å². The maximum Gasteiger partial charge on any atom is 0.127 e. The van der Waals surface area contributed by atoms with Gasteiger partial charge in [-0.2, -0.15) is 0 Å². The molecule has 0 amide bonds. The van der Waals surface area contributed by atoms with Crippen molar-refractivity contribution in [2.24, 2.45) is 0 Å². The molecule has 4 rings (SSSR count). The van der Waals surface area contributed by atoms with Crippen LogP contribution in [-0.2, 0) is 19.5 Å². The number of likely N-dealkylation sites (N-methyl/N-ethyl adjacent to an activating group) is 1. The van der Waals surface area contributed by atoms with E-state index < -0.39 is 0 Å². The minimum atomic E-state index is 0.391. The predicted molar refractivity (Wildman–Crippen MR) is 120 cm³/mol. The van der Waals surface area contributed by atoms with E-state index in [2.05, 4.69) is 70.0 Å². The van der Waals surface area contributed by atoms with Crippen LogP contribution in [0.1, 0.15) is 36.7 Å². The zero-order chi connectivity index (χ0) is 20.9. The van der Waals surface area contributed by atoms with Crippen molar-refractivity contribution >= 4 is 0 Å². The summed E-state index contributed by atoms with van der Waals surface area (Å²) in [7, 11) is 4.30. The van der Waals surface area contributed by atoms with Crippen molar-refractivity contribution in [3.63, 3.8) is 0 Å². The molecule has 2 aromatic rings. The van der Waals surface area contributed by atoms with Gasteiger partial charge in [-0.25, -0.2) is 9.97 Å². The number of ether oxygens (including phenoxy) is 1. The fraction of sp³-hybridized carbons (Fsp3) is 0.583. The Morgan fingerprint density at radius 1 is 1.10 bits per heavy atom. The number of para-hydroxylation sites is 1. The summed E-state index contributed by atoms with van der Waals surface area (Å²) in [5.41, 5.74) is 2.51. The zero-order valence-corrected chi connectivity index (χ0v) is 18.6. The number of aromatic nitrogens is 2. The first-order chi connectivity index (χ1) is 14.6. The number of hydrogen-bond acceptors (Lipinski definition) is 6. The Balaban J connectivity index is 1.47. The predicted octanol–water partition coefficient (Wildman–Crippen LogP) is 2.83. The van der Waals surface area contributed by atoms with E-state index in [4.69, 9.17) is 4.74 Å². The van der Waals surface area contributed by atoms with Gasteiger partial charge in [0.2, 0.25) is 0 Å². The van der Waals surface area contributed by atoms with Crippen molar-refractivity contribution in [2.75, 3.05) is 40.3 Å². The van der Waals surface area contributed by atoms with Crippen LogP contribution in [0.25, 0.3) is 0 Å². The normalized spacial score (nSPS) is 22.7. The van der Waals surface area contributed by atoms with Crippen LogP contribution in [0.3, 0.4) is 0 Å². The monoisotopic (exact) mass is 409 g/mol. The topological polar surface area (TPSA) is 44.7 Å². The lowest BCUT2D eigenvalue weighted by atomic mass is 10.1. The van der Waals surface area contributed by atoms with Crippen LogP contribution in [0.15, 0.2) is 36.7 Å². The third-order valence-corrected chi connectivity index (χ3v) is 6.27. The van der Waals surface area contributed by atoms with Gasteiger partial charge in [0, 0.05) is 62.2 Å². The molecule has 0 N–H and O–H groups in total. The average molecular weight is 410 g/mol. The zero-order valence-electron chi connectivity index (χ0n) is 18.6. The molecule has 1 fully saturated rings. The highest BCUT2D eigenvalue weighted by molar-refractivity contribution is 5.34. The van der Waals surface area contributed by atoms with Gasteiger partial charge < -0.3 is 9.64 Å². The smallest absolute Gasteiger partial charge is 0.127 e. The molecule has 162 valence electrons. The van der Waals surface area contributed by atoms with Gasteiger partial charge in [-0.15, -0.1) is 0 Å². The number of benzene rings is 1. The average Bonchev–Trinajstić information content (AvgIpc) is 3.10. The molecule has 0 spiro atoms. The largest absolute Gasteiger partial charge is 0.492 e. The van der Waals surface area contributed by atoms with Gasteiger partial charge in [0.05, 0.1) is 6.04 Å². The fourth-order valence-electron chi connectivity index (χ4n) is 4.68. The van der Waals surface area contributed by atoms with Gasteiger partial charge >= 0.3 is 0 Å². The molecule has 0 aliphatic carbocycles. The Bertz CT molecular complexity index is 809. The molecule has 1 aromatic heterocycles. The fourth-order valence-corrected chi connectivity index (χ4v) is 4.68. The lowest BCUT2D eigenvalue weighted by molar-refractivity contribution is 0.0874. The molecule has 1 saturated heterocycles. The van der Waals surface area contributed by atoms with Gasteiger partial charge in [-0.05, 0) is 39.5 Å². The summed E-state index contributed by atoms with van der Waals surface area (Å²) in [6, 6.07) is 9.45. The van der Waals surface area contributed by atoms with Crippen molar-refractivity contribution in [1.82, 2.24) is 24.7 Å². The molecule has 6 nitrogen and oxygen atoms in total. The molecule has 3 heterocycles. The molecule has 30 heavy (non-hydrogen) atoms. The SMILES string of the molecule is CCc1ncc(CN2CCCC2CN2Cc3ccccc3OCC2CN(C)C)cn1. The molecular formula is C24H35N5O. The molecule has 2 aliphatic rings. The quantitative estimate of drug-likeness (QED) is 0.701. The number of aryl methyl sites for hydroxylation is 1. The highest BCUT2D eigenvalue weighted by Crippen LogP contribution is 2.28. The Morgan fingerprint density at radius 3 is 2.67 bits per heavy atom. The van der Waals surface area contributed by atoms with E-state index in [1.54, 1.807) is 0 Å². The molecule has 2 atom stereocenters. The van der Waals surface area contributed by atoms with Crippen molar-refractivity contribution in [1.29, 1.82) is 0 Å². The van der Waals surface area contributed by atoms with Crippen LogP contribution in [0.4, 0.5) is 0 Å². The van der Waals surface area contributed by atoms with E-state index in [1.807, 2.05) is 12.4 Å². The first kappa shape index (κ1) is 21.2. The second-order valence-corrected chi connectivity index (χ2v) is 8.89. The van der Waals surface area contributed by atoms with E-state index in [0.717, 1.165) is 57.3 Å². The summed E-state index contributed by atoms with van der Waals surface area (Å²) < 4.78 is 6.20. The Hall–Kier alpha value is -2.02. The summed E-state index contributed by atoms with van der Waals surface area (Å²) in [5.74, 6) is 1.96. The van der Waals surface area contributed by atoms with Crippen LogP contribution in [0.2, 0.25) is 0 Å². The van der Waals surface area contributed by atoms with E-state index in [-0.39, 0.29) is 0 Å². The number of fused-ring (bicyclic) bond motifs is 1. The highest BCUT2D eigenvalue weighted by Gasteiger charge is 2.31. The number of likely N-dealkylation sites (tertiary alicyclic amines) is 1. The van der Waals surface area contributed by atoms with Crippen molar-refractivity contribution in [3.8, 4) is 5.75 Å². The van der Waals surface area contributed by atoms with Crippen LogP contribution in [-0.4, -0.2) is 77.1 Å². The van der Waals surface area contributed by atoms with Crippen LogP contribution in [0.5, 0.6) is 5.75 Å². The molecular weight excluding hydrogens is 374 g/mol. The first-order valence-electron chi connectivity index (χ1n) is 11.3. The minimum Gasteiger partial charge on any atom is -0.492 e. The van der Waals surface area contributed by atoms with E-state index >= 15 is 0 Å². The maximum atomic E-state index is 6.20. The maximum absolute atomic E-state index is 6.20. The molecule has 2 aliphatic heterocycles. The Morgan fingerprint density at radius 2 is 1.90 bits per heavy atom. The van der Waals surface area contributed by atoms with Gasteiger partial charge in [0.15, 0.2) is 0 Å². The Labute approximate surface area is 180 Å². The summed E-state index contributed by atoms with van der Waals surface area (Å²) in [4.78, 5) is 16.5. The molecule has 0 radical (unpaired) electrons. The molecule has 6 heteroatoms. The van der Waals surface area contributed by atoms with Gasteiger partial charge in [-0.1, -0.05) is 25.1 Å². The van der Waals surface area contributed by atoms with E-state index in [0.29, 0.717) is 12.1 Å². The van der Waals surface area contributed by atoms with Crippen molar-refractivity contribution in [2.45, 2.75) is 51.4 Å². The number of hydrogen-bond donors (Lipinski definition) is 0. The molecule has 0 saturated carbocycles. The van der Waals surface area contributed by atoms with Crippen LogP contribution >= 0.6 is 0 Å². The summed E-state index contributed by atoms with van der Waals surface area (Å²) in [6.45, 7) is 7.96. The Kier molecular flexibility index (Phi) is 6.97. The third-order valence-electron chi connectivity index (χ3n) is 6.27. The standard InChI is InChI=1S/C24H35N5O/c1-4-24-25-12-19(13-26-24)14-28-11-7-9-21(28)17-29-15-20-8-5-6-10-23(20)30-18-22(29)16-27(2)3/h5-6,8,10,12-13,21-22H,4,7,9,11,14-18H2,1-3H3. The summed E-state index contributed by atoms with van der Waals surface area (Å²) >= 11 is 0. The molecule has 2 unspecified atom stereocenters. The summed E-state index contributed by atoms with van der Waals surface area (Å²) in [6.07, 6.45) is 7.41. The van der Waals surface area contributed by atoms with Gasteiger partial charge in [0.25, 0.3) is 0 Å². The highest BCUT2D eigenvalue weighted by atomic mass is 16.5. The first-order valence-corrected chi connectivity index (χ1v) is 11.3. The number of nitrogens with zero attached hydrogens (tertiary/aromatic N) is 5. The second-order valence-electron chi connectivity index (χ2n) is 8.89. The van der Waals surface area contributed by atoms with Gasteiger partial charge in [-0.3, -0.25) is 9.80 Å². The second kappa shape index (κ2) is 9.86. The third kappa shape index (κ3) is 5.17. The number of rotatable bonds is 7. The van der Waals surface area contributed by atoms with Gasteiger partial charge in [0.1, 0.15) is 18.2 Å². The van der Waals surface area contributed by atoms with Crippen LogP contribution < -0.4 is 4.74 Å². The molecule has 1 aromatic carbocycles. The lowest BCUT2D eigenvalue weighted by Crippen LogP contribution is -2.49. The minimum absolute atomic E-state index is 0.391. The molecule has 0 bridgehead atoms. The lowest BCUT2D eigenvalue weighted by Gasteiger charge is -2.35. The van der Waals surface area contributed by atoms with E-state index in [1.165, 1.54) is 24.0 Å². The van der Waals surface area contributed by atoms with Crippen LogP contribution in [0, 0.1) is 0 Å². The van der Waals surface area contributed by atoms with Crippen molar-refractivity contribution in [3.05, 3.63) is 53.6 Å². The van der Waals surface area contributed by atoms with Crippen molar-refractivity contribution < 1.29 is 4.74 Å². The summed E-state index contributed by atoms with van der Waals surface area (Å²) in [5, 5.41) is 0.